The number of fused-ring (bicyclic) bond motifs is 1. The van der Waals surface area contributed by atoms with Gasteiger partial charge in [0, 0.05) is 23.5 Å². The van der Waals surface area contributed by atoms with Crippen molar-refractivity contribution >= 4 is 44.3 Å². The summed E-state index contributed by atoms with van der Waals surface area (Å²) in [4.78, 5) is 35.3. The van der Waals surface area contributed by atoms with Gasteiger partial charge in [-0.05, 0) is 55.0 Å². The summed E-state index contributed by atoms with van der Waals surface area (Å²) in [7, 11) is -4.06. The number of carboxylic acids is 1. The second kappa shape index (κ2) is 9.24. The molecule has 0 bridgehead atoms. The van der Waals surface area contributed by atoms with Crippen LogP contribution >= 0.6 is 0 Å². The quantitative estimate of drug-likeness (QED) is 0.343. The van der Waals surface area contributed by atoms with Crippen molar-refractivity contribution in [1.82, 2.24) is 15.0 Å². The molecule has 1 amide bonds. The van der Waals surface area contributed by atoms with Crippen LogP contribution in [0.3, 0.4) is 0 Å². The highest BCUT2D eigenvalue weighted by Gasteiger charge is 2.19. The fraction of sp³-hybridized carbons (Fsp3) is 0.0870. The van der Waals surface area contributed by atoms with Crippen molar-refractivity contribution in [2.45, 2.75) is 18.2 Å². The predicted molar refractivity (Wildman–Crippen MR) is 126 cm³/mol. The van der Waals surface area contributed by atoms with E-state index in [0.29, 0.717) is 22.3 Å². The molecule has 34 heavy (non-hydrogen) atoms. The number of carboxylic acid groups (broad SMARTS) is 1. The SMILES string of the molecule is Cc1cccnc1-c1cc2cccnc2c(NS(=O)(=O)c2ccc(NC(=O)CC(=O)O)cc2)n1. The van der Waals surface area contributed by atoms with E-state index in [0.717, 1.165) is 5.56 Å². The normalized spacial score (nSPS) is 11.2. The number of carbonyl (C=O) groups excluding carboxylic acids is 1. The van der Waals surface area contributed by atoms with E-state index in [1.165, 1.54) is 24.3 Å². The van der Waals surface area contributed by atoms with Crippen molar-refractivity contribution in [3.8, 4) is 11.4 Å². The topological polar surface area (TPSA) is 151 Å². The number of aryl methyl sites for hydroxylation is 1. The number of hydrogen-bond donors (Lipinski definition) is 3. The Morgan fingerprint density at radius 3 is 2.41 bits per heavy atom. The average molecular weight is 478 g/mol. The van der Waals surface area contributed by atoms with Crippen LogP contribution in [0, 0.1) is 6.92 Å². The van der Waals surface area contributed by atoms with E-state index < -0.39 is 28.3 Å². The highest BCUT2D eigenvalue weighted by molar-refractivity contribution is 7.92. The molecule has 4 rings (SSSR count). The fourth-order valence-electron chi connectivity index (χ4n) is 3.28. The molecule has 0 saturated heterocycles. The molecular weight excluding hydrogens is 458 g/mol. The Labute approximate surface area is 194 Å². The van der Waals surface area contributed by atoms with E-state index in [1.54, 1.807) is 36.7 Å². The van der Waals surface area contributed by atoms with Gasteiger partial charge in [0.05, 0.1) is 16.3 Å². The monoisotopic (exact) mass is 477 g/mol. The number of hydrogen-bond acceptors (Lipinski definition) is 7. The Morgan fingerprint density at radius 1 is 1.00 bits per heavy atom. The largest absolute Gasteiger partial charge is 0.481 e. The molecule has 3 aromatic heterocycles. The number of pyridine rings is 3. The van der Waals surface area contributed by atoms with Gasteiger partial charge in [-0.3, -0.25) is 24.3 Å². The molecule has 0 aliphatic carbocycles. The van der Waals surface area contributed by atoms with Gasteiger partial charge in [0.25, 0.3) is 10.0 Å². The van der Waals surface area contributed by atoms with Crippen molar-refractivity contribution in [2.75, 3.05) is 10.0 Å². The maximum atomic E-state index is 13.1. The highest BCUT2D eigenvalue weighted by atomic mass is 32.2. The van der Waals surface area contributed by atoms with Crippen molar-refractivity contribution in [3.63, 3.8) is 0 Å². The minimum absolute atomic E-state index is 0.0528. The molecule has 0 unspecified atom stereocenters. The average Bonchev–Trinajstić information content (AvgIpc) is 2.79. The van der Waals surface area contributed by atoms with Gasteiger partial charge < -0.3 is 10.4 Å². The number of rotatable bonds is 7. The zero-order valence-electron chi connectivity index (χ0n) is 17.9. The molecule has 3 N–H and O–H groups in total. The molecule has 0 atom stereocenters. The smallest absolute Gasteiger partial charge is 0.312 e. The lowest BCUT2D eigenvalue weighted by atomic mass is 10.1. The highest BCUT2D eigenvalue weighted by Crippen LogP contribution is 2.28. The molecule has 4 aromatic rings. The number of nitrogens with one attached hydrogen (secondary N) is 2. The minimum Gasteiger partial charge on any atom is -0.481 e. The molecule has 0 fully saturated rings. The first kappa shape index (κ1) is 22.8. The van der Waals surface area contributed by atoms with Crippen LogP contribution in [0.4, 0.5) is 11.5 Å². The second-order valence-electron chi connectivity index (χ2n) is 7.35. The summed E-state index contributed by atoms with van der Waals surface area (Å²) in [5.74, 6) is -1.93. The van der Waals surface area contributed by atoms with E-state index in [-0.39, 0.29) is 16.4 Å². The van der Waals surface area contributed by atoms with Crippen LogP contribution in [0.15, 0.2) is 71.9 Å². The van der Waals surface area contributed by atoms with E-state index in [2.05, 4.69) is 25.0 Å². The number of aliphatic carboxylic acids is 1. The molecule has 0 saturated carbocycles. The summed E-state index contributed by atoms with van der Waals surface area (Å²) in [6.45, 7) is 1.89. The molecule has 0 spiro atoms. The number of anilines is 2. The molecule has 3 heterocycles. The Balaban J connectivity index is 1.67. The Kier molecular flexibility index (Phi) is 6.19. The summed E-state index contributed by atoms with van der Waals surface area (Å²) in [5.41, 5.74) is 2.64. The van der Waals surface area contributed by atoms with Gasteiger partial charge in [-0.15, -0.1) is 0 Å². The van der Waals surface area contributed by atoms with Crippen LogP contribution in [0.5, 0.6) is 0 Å². The molecule has 11 heteroatoms. The van der Waals surface area contributed by atoms with Crippen molar-refractivity contribution < 1.29 is 23.1 Å². The minimum atomic E-state index is -4.06. The first-order valence-corrected chi connectivity index (χ1v) is 11.5. The second-order valence-corrected chi connectivity index (χ2v) is 9.03. The number of aromatic nitrogens is 3. The lowest BCUT2D eigenvalue weighted by molar-refractivity contribution is -0.139. The van der Waals surface area contributed by atoms with E-state index in [9.17, 15) is 18.0 Å². The van der Waals surface area contributed by atoms with Gasteiger partial charge >= 0.3 is 5.97 Å². The number of amides is 1. The predicted octanol–water partition coefficient (Wildman–Crippen LogP) is 3.21. The van der Waals surface area contributed by atoms with Gasteiger partial charge in [0.1, 0.15) is 11.9 Å². The fourth-order valence-corrected chi connectivity index (χ4v) is 4.29. The van der Waals surface area contributed by atoms with Gasteiger partial charge in [-0.1, -0.05) is 12.1 Å². The van der Waals surface area contributed by atoms with E-state index in [1.807, 2.05) is 13.0 Å². The van der Waals surface area contributed by atoms with Crippen molar-refractivity contribution in [2.24, 2.45) is 0 Å². The standard InChI is InChI=1S/C23H19N5O5S/c1-14-4-2-10-24-21(14)18-12-15-5-3-11-25-22(15)23(27-18)28-34(32,33)17-8-6-16(7-9-17)26-19(29)13-20(30)31/h2-12H,13H2,1H3,(H,26,29)(H,27,28)(H,30,31). The first-order chi connectivity index (χ1) is 16.2. The molecular formula is C23H19N5O5S. The van der Waals surface area contributed by atoms with Crippen molar-refractivity contribution in [3.05, 3.63) is 72.6 Å². The van der Waals surface area contributed by atoms with Gasteiger partial charge in [0.2, 0.25) is 5.91 Å². The Hall–Kier alpha value is -4.38. The Morgan fingerprint density at radius 2 is 1.71 bits per heavy atom. The molecule has 0 aliphatic rings. The lowest BCUT2D eigenvalue weighted by Gasteiger charge is -2.12. The number of sulfonamides is 1. The summed E-state index contributed by atoms with van der Waals surface area (Å²) >= 11 is 0. The van der Waals surface area contributed by atoms with Gasteiger partial charge in [0.15, 0.2) is 5.82 Å². The maximum Gasteiger partial charge on any atom is 0.312 e. The maximum absolute atomic E-state index is 13.1. The summed E-state index contributed by atoms with van der Waals surface area (Å²) in [6.07, 6.45) is 2.49. The van der Waals surface area contributed by atoms with E-state index in [4.69, 9.17) is 5.11 Å². The van der Waals surface area contributed by atoms with Crippen LogP contribution in [-0.4, -0.2) is 40.4 Å². The zero-order valence-corrected chi connectivity index (χ0v) is 18.7. The molecule has 172 valence electrons. The summed E-state index contributed by atoms with van der Waals surface area (Å²) in [5, 5.41) is 11.8. The Bertz CT molecular complexity index is 1500. The molecule has 0 radical (unpaired) electrons. The first-order valence-electron chi connectivity index (χ1n) is 10.1. The third-order valence-corrected chi connectivity index (χ3v) is 6.19. The van der Waals surface area contributed by atoms with Gasteiger partial charge in [-0.2, -0.15) is 0 Å². The summed E-state index contributed by atoms with van der Waals surface area (Å²) < 4.78 is 28.7. The van der Waals surface area contributed by atoms with Crippen LogP contribution in [-0.2, 0) is 19.6 Å². The van der Waals surface area contributed by atoms with Crippen molar-refractivity contribution in [1.29, 1.82) is 0 Å². The third kappa shape index (κ3) is 4.99. The molecule has 0 aliphatic heterocycles. The van der Waals surface area contributed by atoms with Crippen LogP contribution < -0.4 is 10.0 Å². The molecule has 10 nitrogen and oxygen atoms in total. The number of benzene rings is 1. The number of nitrogens with zero attached hydrogens (tertiary/aromatic N) is 3. The third-order valence-electron chi connectivity index (χ3n) is 4.83. The molecule has 1 aromatic carbocycles. The zero-order chi connectivity index (χ0) is 24.3. The van der Waals surface area contributed by atoms with Crippen LogP contribution in [0.25, 0.3) is 22.3 Å². The lowest BCUT2D eigenvalue weighted by Crippen LogP contribution is -2.17. The summed E-state index contributed by atoms with van der Waals surface area (Å²) in [6, 6.07) is 14.4. The van der Waals surface area contributed by atoms with Crippen LogP contribution in [0.2, 0.25) is 0 Å². The van der Waals surface area contributed by atoms with E-state index >= 15 is 0 Å². The van der Waals surface area contributed by atoms with Crippen LogP contribution in [0.1, 0.15) is 12.0 Å². The van der Waals surface area contributed by atoms with Gasteiger partial charge in [-0.25, -0.2) is 13.4 Å². The number of carbonyl (C=O) groups is 2.